The highest BCUT2D eigenvalue weighted by molar-refractivity contribution is 6.22. The van der Waals surface area contributed by atoms with Crippen LogP contribution in [-0.4, -0.2) is 19.5 Å². The molecule has 5 aromatic heterocycles. The van der Waals surface area contributed by atoms with Crippen molar-refractivity contribution in [2.75, 3.05) is 0 Å². The molecule has 48 heavy (non-hydrogen) atoms. The van der Waals surface area contributed by atoms with Crippen LogP contribution in [-0.2, 0) is 0 Å². The van der Waals surface area contributed by atoms with Crippen LogP contribution in [0.1, 0.15) is 0 Å². The van der Waals surface area contributed by atoms with Crippen LogP contribution >= 0.6 is 0 Å². The van der Waals surface area contributed by atoms with Crippen molar-refractivity contribution in [3.63, 3.8) is 0 Å². The van der Waals surface area contributed by atoms with Crippen LogP contribution < -0.4 is 0 Å². The predicted octanol–water partition coefficient (Wildman–Crippen LogP) is 11.0. The van der Waals surface area contributed by atoms with Crippen LogP contribution in [0.25, 0.3) is 94.0 Å². The van der Waals surface area contributed by atoms with Crippen molar-refractivity contribution in [1.29, 1.82) is 0 Å². The van der Waals surface area contributed by atoms with Crippen LogP contribution in [0.15, 0.2) is 163 Å². The highest BCUT2D eigenvalue weighted by atomic mass is 16.3. The fourth-order valence-corrected chi connectivity index (χ4v) is 7.10. The summed E-state index contributed by atoms with van der Waals surface area (Å²) in [5.41, 5.74) is 9.95. The molecule has 0 aliphatic rings. The van der Waals surface area contributed by atoms with Crippen molar-refractivity contribution in [1.82, 2.24) is 19.5 Å². The molecule has 0 aliphatic carbocycles. The molecule has 10 aromatic rings. The number of benzene rings is 5. The van der Waals surface area contributed by atoms with Gasteiger partial charge in [0.25, 0.3) is 0 Å². The molecule has 0 amide bonds. The number of nitrogens with zero attached hydrogens (tertiary/aromatic N) is 4. The van der Waals surface area contributed by atoms with Crippen LogP contribution in [0.4, 0.5) is 0 Å². The topological polar surface area (TPSA) is 56.7 Å². The summed E-state index contributed by atoms with van der Waals surface area (Å²) in [5, 5.41) is 7.03. The monoisotopic (exact) mass is 614 g/mol. The number of fused-ring (bicyclic) bond motifs is 8. The Balaban J connectivity index is 1.26. The Hall–Kier alpha value is -6.59. The summed E-state index contributed by atoms with van der Waals surface area (Å²) in [6.45, 7) is 0. The number of rotatable bonds is 4. The van der Waals surface area contributed by atoms with Crippen LogP contribution in [0.5, 0.6) is 0 Å². The number of pyridine rings is 3. The molecule has 0 fully saturated rings. The van der Waals surface area contributed by atoms with Gasteiger partial charge in [0.15, 0.2) is 0 Å². The van der Waals surface area contributed by atoms with Crippen LogP contribution in [0, 0.1) is 0 Å². The molecular formula is C43H26N4O. The molecule has 0 spiro atoms. The molecule has 0 saturated carbocycles. The summed E-state index contributed by atoms with van der Waals surface area (Å²) in [6.07, 6.45) is 5.48. The number of para-hydroxylation sites is 1. The first-order valence-electron chi connectivity index (χ1n) is 16.0. The number of aromatic nitrogens is 4. The minimum Gasteiger partial charge on any atom is -0.456 e. The first-order valence-corrected chi connectivity index (χ1v) is 16.0. The summed E-state index contributed by atoms with van der Waals surface area (Å²) in [5.74, 6) is 0.825. The maximum Gasteiger partial charge on any atom is 0.138 e. The highest BCUT2D eigenvalue weighted by Crippen LogP contribution is 2.40. The Labute approximate surface area is 275 Å². The summed E-state index contributed by atoms with van der Waals surface area (Å²) in [7, 11) is 0. The van der Waals surface area contributed by atoms with Gasteiger partial charge in [-0.1, -0.05) is 66.7 Å². The molecule has 0 saturated heterocycles. The third-order valence-electron chi connectivity index (χ3n) is 9.32. The van der Waals surface area contributed by atoms with Gasteiger partial charge in [-0.05, 0) is 94.7 Å². The lowest BCUT2D eigenvalue weighted by atomic mass is 9.99. The lowest BCUT2D eigenvalue weighted by molar-refractivity contribution is 0.669. The average Bonchev–Trinajstić information content (AvgIpc) is 3.70. The number of furan rings is 1. The van der Waals surface area contributed by atoms with E-state index < -0.39 is 0 Å². The van der Waals surface area contributed by atoms with E-state index in [4.69, 9.17) is 14.4 Å². The summed E-state index contributed by atoms with van der Waals surface area (Å²) >= 11 is 0. The molecular weight excluding hydrogens is 589 g/mol. The standard InChI is InChI=1S/C43H26N4O/c1-2-10-32-27(8-1)14-18-39-43(32)35-23-28(29-16-19-41-34(22-29)33-11-3-4-13-40(33)48-41)15-17-38(35)47(39)42-25-31(36-12-5-6-21-45-36)24-37(46-42)30-9-7-20-44-26-30/h1-26H. The van der Waals surface area contributed by atoms with E-state index in [1.165, 1.54) is 21.5 Å². The van der Waals surface area contributed by atoms with Gasteiger partial charge in [0, 0.05) is 51.3 Å². The minimum absolute atomic E-state index is 0.825. The van der Waals surface area contributed by atoms with Crippen molar-refractivity contribution < 1.29 is 4.42 Å². The van der Waals surface area contributed by atoms with E-state index >= 15 is 0 Å². The van der Waals surface area contributed by atoms with E-state index in [0.29, 0.717) is 0 Å². The zero-order valence-electron chi connectivity index (χ0n) is 25.7. The predicted molar refractivity (Wildman–Crippen MR) is 195 cm³/mol. The first kappa shape index (κ1) is 26.6. The quantitative estimate of drug-likeness (QED) is 0.198. The van der Waals surface area contributed by atoms with Crippen molar-refractivity contribution in [2.45, 2.75) is 0 Å². The minimum atomic E-state index is 0.825. The Morgan fingerprint density at radius 1 is 0.479 bits per heavy atom. The second-order valence-electron chi connectivity index (χ2n) is 12.1. The van der Waals surface area contributed by atoms with Crippen LogP contribution in [0.3, 0.4) is 0 Å². The first-order chi connectivity index (χ1) is 23.8. The smallest absolute Gasteiger partial charge is 0.138 e. The lowest BCUT2D eigenvalue weighted by Crippen LogP contribution is -2.00. The SMILES string of the molecule is c1ccc(-c2cc(-c3cccnc3)nc(-n3c4ccc(-c5ccc6oc7ccccc7c6c5)cc4c4c5ccccc5ccc43)c2)nc1. The van der Waals surface area contributed by atoms with Crippen molar-refractivity contribution in [2.24, 2.45) is 0 Å². The molecule has 10 rings (SSSR count). The Bertz CT molecular complexity index is 2780. The Morgan fingerprint density at radius 2 is 1.27 bits per heavy atom. The molecule has 0 bridgehead atoms. The molecule has 5 aromatic carbocycles. The van der Waals surface area contributed by atoms with Gasteiger partial charge in [0.2, 0.25) is 0 Å². The van der Waals surface area contributed by atoms with Gasteiger partial charge in [-0.2, -0.15) is 0 Å². The molecule has 0 N–H and O–H groups in total. The fraction of sp³-hybridized carbons (Fsp3) is 0. The van der Waals surface area contributed by atoms with Gasteiger partial charge in [0.1, 0.15) is 17.0 Å². The molecule has 5 heteroatoms. The molecule has 5 nitrogen and oxygen atoms in total. The zero-order chi connectivity index (χ0) is 31.6. The van der Waals surface area contributed by atoms with Crippen molar-refractivity contribution in [3.05, 3.63) is 158 Å². The maximum atomic E-state index is 6.14. The summed E-state index contributed by atoms with van der Waals surface area (Å²) in [6, 6.07) is 48.8. The fourth-order valence-electron chi connectivity index (χ4n) is 7.10. The highest BCUT2D eigenvalue weighted by Gasteiger charge is 2.19. The van der Waals surface area contributed by atoms with Gasteiger partial charge < -0.3 is 4.42 Å². The largest absolute Gasteiger partial charge is 0.456 e. The van der Waals surface area contributed by atoms with Gasteiger partial charge in [-0.3, -0.25) is 14.5 Å². The molecule has 0 atom stereocenters. The van der Waals surface area contributed by atoms with Gasteiger partial charge in [-0.25, -0.2) is 4.98 Å². The second kappa shape index (κ2) is 10.5. The van der Waals surface area contributed by atoms with E-state index in [2.05, 4.69) is 107 Å². The van der Waals surface area contributed by atoms with Crippen molar-refractivity contribution >= 4 is 54.5 Å². The summed E-state index contributed by atoms with van der Waals surface area (Å²) in [4.78, 5) is 14.4. The zero-order valence-corrected chi connectivity index (χ0v) is 25.7. The maximum absolute atomic E-state index is 6.14. The second-order valence-corrected chi connectivity index (χ2v) is 12.1. The Kier molecular flexibility index (Phi) is 5.81. The molecule has 224 valence electrons. The van der Waals surface area contributed by atoms with Crippen LogP contribution in [0.2, 0.25) is 0 Å². The van der Waals surface area contributed by atoms with E-state index in [0.717, 1.165) is 72.4 Å². The molecule has 0 radical (unpaired) electrons. The lowest BCUT2D eigenvalue weighted by Gasteiger charge is -2.12. The summed E-state index contributed by atoms with van der Waals surface area (Å²) < 4.78 is 8.43. The van der Waals surface area contributed by atoms with E-state index in [1.807, 2.05) is 54.9 Å². The third-order valence-corrected chi connectivity index (χ3v) is 9.32. The number of hydrogen-bond donors (Lipinski definition) is 0. The Morgan fingerprint density at radius 3 is 2.15 bits per heavy atom. The number of hydrogen-bond acceptors (Lipinski definition) is 4. The molecule has 0 unspecified atom stereocenters. The van der Waals surface area contributed by atoms with E-state index in [-0.39, 0.29) is 0 Å². The molecule has 5 heterocycles. The van der Waals surface area contributed by atoms with Crippen molar-refractivity contribution in [3.8, 4) is 39.5 Å². The van der Waals surface area contributed by atoms with Gasteiger partial charge in [0.05, 0.1) is 22.4 Å². The third kappa shape index (κ3) is 4.15. The van der Waals surface area contributed by atoms with Gasteiger partial charge >= 0.3 is 0 Å². The average molecular weight is 615 g/mol. The van der Waals surface area contributed by atoms with E-state index in [9.17, 15) is 0 Å². The van der Waals surface area contributed by atoms with E-state index in [1.54, 1.807) is 6.20 Å². The van der Waals surface area contributed by atoms with Gasteiger partial charge in [-0.15, -0.1) is 0 Å². The molecule has 0 aliphatic heterocycles. The normalized spacial score (nSPS) is 11.8.